The number of aromatic hydroxyl groups is 1. The molecule has 0 aliphatic rings. The molecule has 94 valence electrons. The Labute approximate surface area is 109 Å². The molecule has 0 radical (unpaired) electrons. The zero-order chi connectivity index (χ0) is 13.3. The van der Waals surface area contributed by atoms with Crippen LogP contribution >= 0.6 is 11.3 Å². The Bertz CT molecular complexity index is 651. The summed E-state index contributed by atoms with van der Waals surface area (Å²) >= 11 is 1.57. The highest BCUT2D eigenvalue weighted by atomic mass is 32.1. The van der Waals surface area contributed by atoms with Crippen molar-refractivity contribution in [1.29, 1.82) is 0 Å². The maximum atomic E-state index is 10.2. The molecule has 0 amide bonds. The quantitative estimate of drug-likeness (QED) is 0.622. The van der Waals surface area contributed by atoms with Gasteiger partial charge in [-0.15, -0.1) is 11.3 Å². The molecule has 1 aromatic carbocycles. The molecule has 0 bridgehead atoms. The zero-order valence-corrected chi connectivity index (χ0v) is 10.8. The largest absolute Gasteiger partial charge is 0.507 e. The van der Waals surface area contributed by atoms with Gasteiger partial charge in [0.05, 0.1) is 5.82 Å². The molecule has 0 saturated heterocycles. The third-order valence-corrected chi connectivity index (χ3v) is 3.59. The molecule has 0 aliphatic carbocycles. The van der Waals surface area contributed by atoms with Crippen molar-refractivity contribution in [2.24, 2.45) is 17.2 Å². The van der Waals surface area contributed by atoms with E-state index in [-0.39, 0.29) is 11.6 Å². The van der Waals surface area contributed by atoms with Gasteiger partial charge in [-0.2, -0.15) is 0 Å². The number of phenols is 1. The van der Waals surface area contributed by atoms with Gasteiger partial charge in [0.2, 0.25) is 0 Å². The Morgan fingerprint density at radius 1 is 1.22 bits per heavy atom. The Morgan fingerprint density at radius 3 is 2.61 bits per heavy atom. The minimum absolute atomic E-state index is 0.187. The van der Waals surface area contributed by atoms with Crippen LogP contribution in [0, 0.1) is 0 Å². The van der Waals surface area contributed by atoms with E-state index in [9.17, 15) is 5.11 Å². The molecule has 0 atom stereocenters. The van der Waals surface area contributed by atoms with Gasteiger partial charge >= 0.3 is 0 Å². The van der Waals surface area contributed by atoms with E-state index in [2.05, 4.69) is 0 Å². The van der Waals surface area contributed by atoms with Crippen LogP contribution in [-0.2, 0) is 0 Å². The lowest BCUT2D eigenvalue weighted by Gasteiger charge is -2.08. The third kappa shape index (κ3) is 2.12. The average Bonchev–Trinajstić information content (AvgIpc) is 2.76. The standard InChI is InChI=1S/C13H15N3OS/c1-7(6-11(14)15)12(16)9-2-3-10-8(13(9)17)4-5-18-10/h2-6,17H,14-16H2,1H3/b12-7-. The summed E-state index contributed by atoms with van der Waals surface area (Å²) in [5.41, 5.74) is 18.6. The van der Waals surface area contributed by atoms with Crippen LogP contribution in [0.15, 0.2) is 41.0 Å². The van der Waals surface area contributed by atoms with Crippen LogP contribution in [0.3, 0.4) is 0 Å². The van der Waals surface area contributed by atoms with Gasteiger partial charge in [0, 0.05) is 21.3 Å². The van der Waals surface area contributed by atoms with Gasteiger partial charge in [0.15, 0.2) is 0 Å². The summed E-state index contributed by atoms with van der Waals surface area (Å²) in [5.74, 6) is 0.376. The van der Waals surface area contributed by atoms with Crippen LogP contribution in [0.5, 0.6) is 5.75 Å². The molecule has 18 heavy (non-hydrogen) atoms. The number of allylic oxidation sites excluding steroid dienone is 2. The molecule has 0 unspecified atom stereocenters. The van der Waals surface area contributed by atoms with E-state index in [4.69, 9.17) is 17.2 Å². The van der Waals surface area contributed by atoms with Crippen LogP contribution in [0.25, 0.3) is 15.8 Å². The van der Waals surface area contributed by atoms with Crippen molar-refractivity contribution in [2.45, 2.75) is 6.92 Å². The van der Waals surface area contributed by atoms with Crippen molar-refractivity contribution < 1.29 is 5.11 Å². The molecule has 2 aromatic rings. The summed E-state index contributed by atoms with van der Waals surface area (Å²) in [5, 5.41) is 12.9. The fourth-order valence-electron chi connectivity index (χ4n) is 1.79. The molecule has 1 heterocycles. The first kappa shape index (κ1) is 12.3. The molecule has 2 rings (SSSR count). The normalized spacial score (nSPS) is 12.3. The van der Waals surface area contributed by atoms with Gasteiger partial charge in [-0.25, -0.2) is 0 Å². The summed E-state index contributed by atoms with van der Waals surface area (Å²) in [6.07, 6.45) is 1.58. The van der Waals surface area contributed by atoms with E-state index in [1.165, 1.54) is 0 Å². The minimum Gasteiger partial charge on any atom is -0.507 e. The lowest BCUT2D eigenvalue weighted by atomic mass is 10.0. The van der Waals surface area contributed by atoms with Gasteiger partial charge in [-0.1, -0.05) is 0 Å². The van der Waals surface area contributed by atoms with Gasteiger partial charge in [0.25, 0.3) is 0 Å². The summed E-state index contributed by atoms with van der Waals surface area (Å²) < 4.78 is 1.02. The minimum atomic E-state index is 0.187. The molecule has 7 N–H and O–H groups in total. The maximum absolute atomic E-state index is 10.2. The van der Waals surface area contributed by atoms with Gasteiger partial charge in [0.1, 0.15) is 5.75 Å². The molecule has 0 aliphatic heterocycles. The molecule has 1 aromatic heterocycles. The fourth-order valence-corrected chi connectivity index (χ4v) is 2.58. The lowest BCUT2D eigenvalue weighted by Crippen LogP contribution is -2.09. The molecule has 0 spiro atoms. The third-order valence-electron chi connectivity index (χ3n) is 2.70. The van der Waals surface area contributed by atoms with Crippen molar-refractivity contribution in [3.8, 4) is 5.75 Å². The van der Waals surface area contributed by atoms with Crippen molar-refractivity contribution in [2.75, 3.05) is 0 Å². The number of hydrogen-bond acceptors (Lipinski definition) is 5. The predicted molar refractivity (Wildman–Crippen MR) is 76.7 cm³/mol. The van der Waals surface area contributed by atoms with E-state index in [1.807, 2.05) is 17.5 Å². The molecule has 5 heteroatoms. The van der Waals surface area contributed by atoms with Crippen LogP contribution in [0.1, 0.15) is 12.5 Å². The number of rotatable bonds is 2. The second-order valence-electron chi connectivity index (χ2n) is 4.04. The topological polar surface area (TPSA) is 98.3 Å². The summed E-state index contributed by atoms with van der Waals surface area (Å²) in [4.78, 5) is 0. The second kappa shape index (κ2) is 4.62. The van der Waals surface area contributed by atoms with E-state index >= 15 is 0 Å². The summed E-state index contributed by atoms with van der Waals surface area (Å²) in [6, 6.07) is 5.60. The van der Waals surface area contributed by atoms with E-state index in [0.29, 0.717) is 11.3 Å². The predicted octanol–water partition coefficient (Wildman–Crippen LogP) is 2.06. The van der Waals surface area contributed by atoms with Crippen LogP contribution < -0.4 is 17.2 Å². The number of thiophene rings is 1. The number of benzene rings is 1. The first-order chi connectivity index (χ1) is 8.50. The highest BCUT2D eigenvalue weighted by Crippen LogP contribution is 2.35. The average molecular weight is 261 g/mol. The molecular weight excluding hydrogens is 246 g/mol. The molecular formula is C13H15N3OS. The highest BCUT2D eigenvalue weighted by Gasteiger charge is 2.10. The Kier molecular flexibility index (Phi) is 3.16. The number of hydrogen-bond donors (Lipinski definition) is 4. The fraction of sp³-hybridized carbons (Fsp3) is 0.0769. The summed E-state index contributed by atoms with van der Waals surface area (Å²) in [6.45, 7) is 1.80. The van der Waals surface area contributed by atoms with Crippen molar-refractivity contribution >= 4 is 27.1 Å². The highest BCUT2D eigenvalue weighted by molar-refractivity contribution is 7.17. The Hall–Kier alpha value is -2.14. The second-order valence-corrected chi connectivity index (χ2v) is 4.98. The van der Waals surface area contributed by atoms with E-state index < -0.39 is 0 Å². The summed E-state index contributed by atoms with van der Waals surface area (Å²) in [7, 11) is 0. The van der Waals surface area contributed by atoms with Gasteiger partial charge in [-0.3, -0.25) is 0 Å². The zero-order valence-electron chi connectivity index (χ0n) is 9.97. The van der Waals surface area contributed by atoms with Gasteiger partial charge < -0.3 is 22.3 Å². The van der Waals surface area contributed by atoms with Crippen LogP contribution in [0.2, 0.25) is 0 Å². The lowest BCUT2D eigenvalue weighted by molar-refractivity contribution is 0.480. The van der Waals surface area contributed by atoms with Crippen LogP contribution in [0.4, 0.5) is 0 Å². The number of nitrogens with two attached hydrogens (primary N) is 3. The van der Waals surface area contributed by atoms with Crippen LogP contribution in [-0.4, -0.2) is 5.11 Å². The Morgan fingerprint density at radius 2 is 1.94 bits per heavy atom. The van der Waals surface area contributed by atoms with Gasteiger partial charge in [-0.05, 0) is 42.2 Å². The smallest absolute Gasteiger partial charge is 0.133 e. The molecule has 4 nitrogen and oxygen atoms in total. The SMILES string of the molecule is C/C(C=C(N)N)=C(/N)c1ccc2sccc2c1O. The number of fused-ring (bicyclic) bond motifs is 1. The van der Waals surface area contributed by atoms with E-state index in [0.717, 1.165) is 15.7 Å². The van der Waals surface area contributed by atoms with Crippen molar-refractivity contribution in [3.63, 3.8) is 0 Å². The van der Waals surface area contributed by atoms with Crippen molar-refractivity contribution in [1.82, 2.24) is 0 Å². The first-order valence-corrected chi connectivity index (χ1v) is 6.27. The molecule has 0 saturated carbocycles. The van der Waals surface area contributed by atoms with Crippen molar-refractivity contribution in [3.05, 3.63) is 46.6 Å². The van der Waals surface area contributed by atoms with E-state index in [1.54, 1.807) is 30.4 Å². The maximum Gasteiger partial charge on any atom is 0.133 e. The molecule has 0 fully saturated rings. The Balaban J connectivity index is 2.61. The monoisotopic (exact) mass is 261 g/mol. The number of phenolic OH excluding ortho intramolecular Hbond substituents is 1. The first-order valence-electron chi connectivity index (χ1n) is 5.39.